The Kier molecular flexibility index (Phi) is 4.11. The highest BCUT2D eigenvalue weighted by Gasteiger charge is 2.18. The molecule has 22 heavy (non-hydrogen) atoms. The Morgan fingerprint density at radius 3 is 2.91 bits per heavy atom. The zero-order chi connectivity index (χ0) is 15.5. The third-order valence-corrected chi connectivity index (χ3v) is 3.62. The van der Waals surface area contributed by atoms with Crippen molar-refractivity contribution >= 4 is 23.6 Å². The van der Waals surface area contributed by atoms with E-state index in [9.17, 15) is 9.18 Å². The fraction of sp³-hybridized carbons (Fsp3) is 0.118. The van der Waals surface area contributed by atoms with Crippen molar-refractivity contribution in [3.8, 4) is 5.75 Å². The molecular formula is C17H12ClFO3. The van der Waals surface area contributed by atoms with Crippen molar-refractivity contribution in [3.05, 3.63) is 70.0 Å². The summed E-state index contributed by atoms with van der Waals surface area (Å²) in [5.74, 6) is -0.171. The molecule has 5 heteroatoms. The monoisotopic (exact) mass is 318 g/mol. The maximum absolute atomic E-state index is 13.0. The number of carbonyl (C=O) groups excluding carboxylic acids is 1. The van der Waals surface area contributed by atoms with Gasteiger partial charge in [-0.2, -0.15) is 0 Å². The summed E-state index contributed by atoms with van der Waals surface area (Å²) in [4.78, 5) is 12.1. The van der Waals surface area contributed by atoms with Crippen LogP contribution in [0.3, 0.4) is 0 Å². The van der Waals surface area contributed by atoms with Crippen molar-refractivity contribution < 1.29 is 18.7 Å². The van der Waals surface area contributed by atoms with E-state index in [4.69, 9.17) is 21.1 Å². The molecule has 3 nitrogen and oxygen atoms in total. The highest BCUT2D eigenvalue weighted by Crippen LogP contribution is 2.26. The SMILES string of the molecule is O=C(OCc1ccc(F)cc1Cl)C1=Cc2ccccc2OC1. The minimum Gasteiger partial charge on any atom is -0.488 e. The van der Waals surface area contributed by atoms with Crippen LogP contribution in [0.5, 0.6) is 5.75 Å². The van der Waals surface area contributed by atoms with Gasteiger partial charge in [0, 0.05) is 11.1 Å². The average molecular weight is 319 g/mol. The summed E-state index contributed by atoms with van der Waals surface area (Å²) in [6, 6.07) is 11.4. The van der Waals surface area contributed by atoms with Crippen LogP contribution in [0.1, 0.15) is 11.1 Å². The van der Waals surface area contributed by atoms with Crippen LogP contribution in [-0.4, -0.2) is 12.6 Å². The van der Waals surface area contributed by atoms with E-state index in [0.717, 1.165) is 11.3 Å². The van der Waals surface area contributed by atoms with Crippen molar-refractivity contribution in [2.45, 2.75) is 6.61 Å². The number of hydrogen-bond donors (Lipinski definition) is 0. The lowest BCUT2D eigenvalue weighted by Crippen LogP contribution is -2.17. The van der Waals surface area contributed by atoms with Crippen LogP contribution in [0, 0.1) is 5.82 Å². The van der Waals surface area contributed by atoms with Crippen LogP contribution >= 0.6 is 11.6 Å². The predicted molar refractivity (Wildman–Crippen MR) is 81.1 cm³/mol. The largest absolute Gasteiger partial charge is 0.488 e. The second-order valence-electron chi connectivity index (χ2n) is 4.81. The van der Waals surface area contributed by atoms with Gasteiger partial charge in [-0.15, -0.1) is 0 Å². The number of fused-ring (bicyclic) bond motifs is 1. The second kappa shape index (κ2) is 6.20. The summed E-state index contributed by atoms with van der Waals surface area (Å²) < 4.78 is 23.7. The third kappa shape index (κ3) is 3.12. The van der Waals surface area contributed by atoms with Crippen LogP contribution in [0.2, 0.25) is 5.02 Å². The minimum atomic E-state index is -0.477. The molecule has 0 atom stereocenters. The number of para-hydroxylation sites is 1. The van der Waals surface area contributed by atoms with Crippen molar-refractivity contribution in [3.63, 3.8) is 0 Å². The molecule has 0 aliphatic carbocycles. The van der Waals surface area contributed by atoms with E-state index < -0.39 is 11.8 Å². The van der Waals surface area contributed by atoms with Crippen LogP contribution in [-0.2, 0) is 16.1 Å². The number of halogens is 2. The maximum atomic E-state index is 13.0. The quantitative estimate of drug-likeness (QED) is 0.802. The van der Waals surface area contributed by atoms with Gasteiger partial charge >= 0.3 is 5.97 Å². The minimum absolute atomic E-state index is 0.0169. The fourth-order valence-electron chi connectivity index (χ4n) is 2.11. The molecule has 3 rings (SSSR count). The Balaban J connectivity index is 1.69. The van der Waals surface area contributed by atoms with Crippen LogP contribution < -0.4 is 4.74 Å². The Bertz CT molecular complexity index is 755. The van der Waals surface area contributed by atoms with E-state index in [1.807, 2.05) is 24.3 Å². The molecule has 1 heterocycles. The summed E-state index contributed by atoms with van der Waals surface area (Å²) >= 11 is 5.90. The van der Waals surface area contributed by atoms with Gasteiger partial charge in [0.1, 0.15) is 24.8 Å². The predicted octanol–water partition coefficient (Wildman–Crippen LogP) is 4.00. The molecule has 2 aromatic carbocycles. The van der Waals surface area contributed by atoms with Crippen LogP contribution in [0.15, 0.2) is 48.0 Å². The van der Waals surface area contributed by atoms with E-state index in [1.54, 1.807) is 6.08 Å². The molecule has 0 N–H and O–H groups in total. The van der Waals surface area contributed by atoms with Gasteiger partial charge in [0.05, 0.1) is 10.6 Å². The van der Waals surface area contributed by atoms with Crippen LogP contribution in [0.25, 0.3) is 6.08 Å². The summed E-state index contributed by atoms with van der Waals surface area (Å²) in [6.45, 7) is 0.143. The van der Waals surface area contributed by atoms with E-state index in [-0.39, 0.29) is 18.2 Å². The highest BCUT2D eigenvalue weighted by atomic mass is 35.5. The summed E-state index contributed by atoms with van der Waals surface area (Å²) in [5, 5.41) is 0.229. The molecule has 0 fully saturated rings. The van der Waals surface area contributed by atoms with Gasteiger partial charge in [0.25, 0.3) is 0 Å². The Labute approximate surface area is 131 Å². The number of carbonyl (C=O) groups is 1. The lowest BCUT2D eigenvalue weighted by Gasteiger charge is -2.17. The standard InChI is InChI=1S/C17H12ClFO3/c18-15-8-14(19)6-5-12(15)9-22-17(20)13-7-11-3-1-2-4-16(11)21-10-13/h1-8H,9-10H2. The van der Waals surface area contributed by atoms with Gasteiger partial charge < -0.3 is 9.47 Å². The molecule has 0 saturated heterocycles. The van der Waals surface area contributed by atoms with Gasteiger partial charge in [-0.3, -0.25) is 0 Å². The number of benzene rings is 2. The fourth-order valence-corrected chi connectivity index (χ4v) is 2.33. The smallest absolute Gasteiger partial charge is 0.337 e. The molecule has 0 amide bonds. The summed E-state index contributed by atoms with van der Waals surface area (Å²) in [7, 11) is 0. The molecule has 0 radical (unpaired) electrons. The first-order chi connectivity index (χ1) is 10.6. The maximum Gasteiger partial charge on any atom is 0.337 e. The lowest BCUT2D eigenvalue weighted by atomic mass is 10.1. The van der Waals surface area contributed by atoms with E-state index in [0.29, 0.717) is 11.1 Å². The normalized spacial score (nSPS) is 12.9. The number of rotatable bonds is 3. The lowest BCUT2D eigenvalue weighted by molar-refractivity contribution is -0.140. The zero-order valence-electron chi connectivity index (χ0n) is 11.5. The molecule has 0 spiro atoms. The van der Waals surface area contributed by atoms with Crippen LogP contribution in [0.4, 0.5) is 4.39 Å². The van der Waals surface area contributed by atoms with Gasteiger partial charge in [-0.1, -0.05) is 35.9 Å². The van der Waals surface area contributed by atoms with E-state index >= 15 is 0 Å². The Hall–Kier alpha value is -2.33. The number of hydrogen-bond acceptors (Lipinski definition) is 3. The number of esters is 1. The Morgan fingerprint density at radius 1 is 1.27 bits per heavy atom. The first kappa shape index (κ1) is 14.6. The van der Waals surface area contributed by atoms with E-state index in [1.165, 1.54) is 18.2 Å². The molecule has 112 valence electrons. The number of ether oxygens (including phenoxy) is 2. The van der Waals surface area contributed by atoms with Crippen molar-refractivity contribution in [1.29, 1.82) is 0 Å². The van der Waals surface area contributed by atoms with Gasteiger partial charge in [0.2, 0.25) is 0 Å². The summed E-state index contributed by atoms with van der Waals surface area (Å²) in [6.07, 6.45) is 1.74. The molecule has 0 unspecified atom stereocenters. The van der Waals surface area contributed by atoms with Crippen molar-refractivity contribution in [2.24, 2.45) is 0 Å². The molecule has 0 aromatic heterocycles. The third-order valence-electron chi connectivity index (χ3n) is 3.27. The molecule has 0 saturated carbocycles. The topological polar surface area (TPSA) is 35.5 Å². The molecule has 0 bridgehead atoms. The Morgan fingerprint density at radius 2 is 2.09 bits per heavy atom. The average Bonchev–Trinajstić information content (AvgIpc) is 2.53. The second-order valence-corrected chi connectivity index (χ2v) is 5.22. The van der Waals surface area contributed by atoms with Gasteiger partial charge in [-0.25, -0.2) is 9.18 Å². The van der Waals surface area contributed by atoms with Gasteiger partial charge in [0.15, 0.2) is 0 Å². The summed E-state index contributed by atoms with van der Waals surface area (Å²) in [5.41, 5.74) is 1.81. The first-order valence-corrected chi connectivity index (χ1v) is 7.05. The highest BCUT2D eigenvalue weighted by molar-refractivity contribution is 6.31. The van der Waals surface area contributed by atoms with Crippen molar-refractivity contribution in [2.75, 3.05) is 6.61 Å². The van der Waals surface area contributed by atoms with Crippen molar-refractivity contribution in [1.82, 2.24) is 0 Å². The molecule has 2 aromatic rings. The first-order valence-electron chi connectivity index (χ1n) is 6.67. The molecule has 1 aliphatic rings. The molecular weight excluding hydrogens is 307 g/mol. The molecule has 1 aliphatic heterocycles. The van der Waals surface area contributed by atoms with E-state index in [2.05, 4.69) is 0 Å². The van der Waals surface area contributed by atoms with Gasteiger partial charge in [-0.05, 0) is 24.3 Å². The zero-order valence-corrected chi connectivity index (χ0v) is 12.3.